The molecule has 5 heterocycles. The van der Waals surface area contributed by atoms with Crippen molar-refractivity contribution in [2.24, 2.45) is 0 Å². The quantitative estimate of drug-likeness (QED) is 0.358. The van der Waals surface area contributed by atoms with Crippen molar-refractivity contribution in [3.8, 4) is 23.0 Å². The highest BCUT2D eigenvalue weighted by atomic mass is 15.5. The lowest BCUT2D eigenvalue weighted by Gasteiger charge is -2.25. The Morgan fingerprint density at radius 1 is 0.667 bits per heavy atom. The summed E-state index contributed by atoms with van der Waals surface area (Å²) >= 11 is 0. The average molecular weight is 448 g/mol. The van der Waals surface area contributed by atoms with E-state index >= 15 is 0 Å². The van der Waals surface area contributed by atoms with Gasteiger partial charge in [-0.1, -0.05) is 12.1 Å². The number of hydrogen-bond acceptors (Lipinski definition) is 11. The molecule has 0 atom stereocenters. The van der Waals surface area contributed by atoms with Crippen molar-refractivity contribution in [1.29, 1.82) is 0 Å². The molecule has 13 heteroatoms. The molecule has 0 aliphatic carbocycles. The number of aromatic nitrogens is 10. The molecule has 13 nitrogen and oxygen atoms in total. The monoisotopic (exact) mass is 447 g/mol. The van der Waals surface area contributed by atoms with Crippen LogP contribution >= 0.6 is 0 Å². The van der Waals surface area contributed by atoms with Crippen LogP contribution in [0.1, 0.15) is 11.4 Å². The van der Waals surface area contributed by atoms with Crippen molar-refractivity contribution in [1.82, 2.24) is 66.3 Å². The van der Waals surface area contributed by atoms with Crippen LogP contribution in [0.3, 0.4) is 0 Å². The summed E-state index contributed by atoms with van der Waals surface area (Å²) in [5.74, 6) is 1.01. The summed E-state index contributed by atoms with van der Waals surface area (Å²) < 4.78 is 0. The number of pyridine rings is 2. The van der Waals surface area contributed by atoms with Crippen molar-refractivity contribution >= 4 is 0 Å². The maximum Gasteiger partial charge on any atom is 0.222 e. The molecule has 0 unspecified atom stereocenters. The van der Waals surface area contributed by atoms with Gasteiger partial charge in [-0.2, -0.15) is 10.4 Å². The van der Waals surface area contributed by atoms with Crippen LogP contribution in [0, 0.1) is 0 Å². The predicted octanol–water partition coefficient (Wildman–Crippen LogP) is -0.256. The van der Waals surface area contributed by atoms with Crippen LogP contribution in [0.15, 0.2) is 36.4 Å². The summed E-state index contributed by atoms with van der Waals surface area (Å²) in [4.78, 5) is 14.3. The van der Waals surface area contributed by atoms with E-state index in [1.807, 2.05) is 36.4 Å². The van der Waals surface area contributed by atoms with Gasteiger partial charge >= 0.3 is 0 Å². The Morgan fingerprint density at radius 3 is 1.64 bits per heavy atom. The number of nitrogens with one attached hydrogen (secondary N) is 3. The highest BCUT2D eigenvalue weighted by molar-refractivity contribution is 5.48. The number of H-pyrrole nitrogens is 2. The Morgan fingerprint density at radius 2 is 1.18 bits per heavy atom. The van der Waals surface area contributed by atoms with E-state index in [-0.39, 0.29) is 0 Å². The fourth-order valence-corrected chi connectivity index (χ4v) is 3.81. The first-order valence-corrected chi connectivity index (χ1v) is 10.9. The zero-order valence-corrected chi connectivity index (χ0v) is 18.1. The molecule has 1 fully saturated rings. The third-order valence-electron chi connectivity index (χ3n) is 5.48. The highest BCUT2D eigenvalue weighted by Gasteiger charge is 2.15. The van der Waals surface area contributed by atoms with Gasteiger partial charge in [0.05, 0.1) is 11.4 Å². The van der Waals surface area contributed by atoms with Gasteiger partial charge in [0, 0.05) is 52.4 Å². The molecular formula is C20H25N13. The van der Waals surface area contributed by atoms with Gasteiger partial charge in [0.2, 0.25) is 11.6 Å². The number of rotatable bonds is 6. The molecule has 33 heavy (non-hydrogen) atoms. The smallest absolute Gasteiger partial charge is 0.222 e. The highest BCUT2D eigenvalue weighted by Crippen LogP contribution is 2.14. The second-order valence-corrected chi connectivity index (χ2v) is 7.80. The van der Waals surface area contributed by atoms with Gasteiger partial charge in [-0.05, 0) is 34.7 Å². The molecule has 4 aromatic rings. The van der Waals surface area contributed by atoms with Crippen LogP contribution in [0.25, 0.3) is 23.0 Å². The second kappa shape index (κ2) is 10.3. The molecule has 0 spiro atoms. The summed E-state index contributed by atoms with van der Waals surface area (Å²) in [6.07, 6.45) is 0. The van der Waals surface area contributed by atoms with Gasteiger partial charge in [-0.15, -0.1) is 20.4 Å². The van der Waals surface area contributed by atoms with Crippen molar-refractivity contribution in [3.63, 3.8) is 0 Å². The molecule has 170 valence electrons. The first-order chi connectivity index (χ1) is 16.3. The van der Waals surface area contributed by atoms with E-state index in [9.17, 15) is 0 Å². The van der Waals surface area contributed by atoms with E-state index in [1.54, 1.807) is 0 Å². The molecule has 0 radical (unpaired) electrons. The molecule has 1 aliphatic rings. The van der Waals surface area contributed by atoms with Crippen LogP contribution < -0.4 is 5.32 Å². The van der Waals surface area contributed by atoms with Gasteiger partial charge in [0.1, 0.15) is 11.4 Å². The average Bonchev–Trinajstić information content (AvgIpc) is 3.57. The van der Waals surface area contributed by atoms with Gasteiger partial charge in [-0.3, -0.25) is 9.80 Å². The predicted molar refractivity (Wildman–Crippen MR) is 118 cm³/mol. The molecule has 3 N–H and O–H groups in total. The number of aromatic amines is 2. The second-order valence-electron chi connectivity index (χ2n) is 7.80. The lowest BCUT2D eigenvalue weighted by atomic mass is 10.2. The van der Waals surface area contributed by atoms with Crippen LogP contribution in [0.5, 0.6) is 0 Å². The van der Waals surface area contributed by atoms with Crippen LogP contribution in [-0.4, -0.2) is 100 Å². The van der Waals surface area contributed by atoms with E-state index in [0.29, 0.717) is 11.6 Å². The molecule has 1 aliphatic heterocycles. The standard InChI is InChI=1S/C20H25N13/c1-3-15(22-17(5-1)19-24-28-29-25-19)13-32-9-7-21-8-10-33(12-11-32)14-16-4-2-6-18(23-16)20-26-30-31-27-20/h1-6,21H,7-14H2,(H,24,25,28,29)(H,26,27,30,31). The summed E-state index contributed by atoms with van der Waals surface area (Å²) in [5, 5.41) is 31.8. The van der Waals surface area contributed by atoms with E-state index in [2.05, 4.69) is 56.4 Å². The first-order valence-electron chi connectivity index (χ1n) is 10.9. The largest absolute Gasteiger partial charge is 0.314 e. The Bertz CT molecular complexity index is 1040. The zero-order chi connectivity index (χ0) is 22.3. The van der Waals surface area contributed by atoms with E-state index in [1.165, 1.54) is 0 Å². The molecule has 0 aromatic carbocycles. The van der Waals surface area contributed by atoms with Gasteiger partial charge in [0.15, 0.2) is 0 Å². The number of nitrogens with zero attached hydrogens (tertiary/aromatic N) is 10. The normalized spacial score (nSPS) is 16.2. The minimum Gasteiger partial charge on any atom is -0.314 e. The molecule has 4 aromatic heterocycles. The van der Waals surface area contributed by atoms with Crippen molar-refractivity contribution in [3.05, 3.63) is 47.8 Å². The van der Waals surface area contributed by atoms with Crippen LogP contribution in [-0.2, 0) is 13.1 Å². The molecular weight excluding hydrogens is 422 g/mol. The zero-order valence-electron chi connectivity index (χ0n) is 18.1. The summed E-state index contributed by atoms with van der Waals surface area (Å²) in [5.41, 5.74) is 3.41. The summed E-state index contributed by atoms with van der Waals surface area (Å²) in [6, 6.07) is 11.8. The summed E-state index contributed by atoms with van der Waals surface area (Å²) in [6.45, 7) is 7.15. The molecule has 0 amide bonds. The minimum atomic E-state index is 0.504. The molecule has 0 saturated carbocycles. The Balaban J connectivity index is 1.23. The number of hydrogen-bond donors (Lipinski definition) is 3. The van der Waals surface area contributed by atoms with Gasteiger partial charge in [0.25, 0.3) is 0 Å². The minimum absolute atomic E-state index is 0.504. The fourth-order valence-electron chi connectivity index (χ4n) is 3.81. The van der Waals surface area contributed by atoms with Gasteiger partial charge < -0.3 is 5.32 Å². The third kappa shape index (κ3) is 5.58. The fraction of sp³-hybridized carbons (Fsp3) is 0.400. The lowest BCUT2D eigenvalue weighted by molar-refractivity contribution is 0.207. The van der Waals surface area contributed by atoms with E-state index in [0.717, 1.165) is 75.1 Å². The van der Waals surface area contributed by atoms with E-state index < -0.39 is 0 Å². The van der Waals surface area contributed by atoms with E-state index in [4.69, 9.17) is 9.97 Å². The maximum absolute atomic E-state index is 4.72. The Labute approximate surface area is 190 Å². The van der Waals surface area contributed by atoms with Crippen LogP contribution in [0.4, 0.5) is 0 Å². The molecule has 0 bridgehead atoms. The van der Waals surface area contributed by atoms with Crippen LogP contribution in [0.2, 0.25) is 0 Å². The third-order valence-corrected chi connectivity index (χ3v) is 5.48. The maximum atomic E-state index is 4.72. The topological polar surface area (TPSA) is 153 Å². The lowest BCUT2D eigenvalue weighted by Crippen LogP contribution is -2.35. The Kier molecular flexibility index (Phi) is 6.61. The SMILES string of the molecule is c1cc(CN2CCNCCN(Cc3cccc(-c4nn[nH]n4)n3)CC2)nc(-c2nn[nH]n2)c1. The Hall–Kier alpha value is -3.68. The summed E-state index contributed by atoms with van der Waals surface area (Å²) in [7, 11) is 0. The first kappa shape index (κ1) is 21.2. The van der Waals surface area contributed by atoms with Crippen molar-refractivity contribution < 1.29 is 0 Å². The molecule has 1 saturated heterocycles. The molecule has 5 rings (SSSR count). The van der Waals surface area contributed by atoms with Crippen molar-refractivity contribution in [2.75, 3.05) is 39.3 Å². The number of tetrazole rings is 2. The van der Waals surface area contributed by atoms with Gasteiger partial charge in [-0.25, -0.2) is 9.97 Å². The van der Waals surface area contributed by atoms with Crippen molar-refractivity contribution in [2.45, 2.75) is 13.1 Å².